The zero-order valence-corrected chi connectivity index (χ0v) is 12.0. The first-order valence-electron chi connectivity index (χ1n) is 6.80. The van der Waals surface area contributed by atoms with Gasteiger partial charge in [-0.25, -0.2) is 9.59 Å². The van der Waals surface area contributed by atoms with Crippen molar-refractivity contribution in [3.8, 4) is 0 Å². The predicted molar refractivity (Wildman–Crippen MR) is 71.9 cm³/mol. The van der Waals surface area contributed by atoms with Gasteiger partial charge < -0.3 is 15.5 Å². The SMILES string of the molecule is O=C1N[C@H]2[C@H](CS[C@H]2CCC(=O)ON2C(=O)CCC2=O)N1. The monoisotopic (exact) mass is 313 g/mol. The van der Waals surface area contributed by atoms with Crippen LogP contribution in [-0.2, 0) is 19.2 Å². The molecule has 8 nitrogen and oxygen atoms in total. The molecule has 3 atom stereocenters. The van der Waals surface area contributed by atoms with Crippen LogP contribution >= 0.6 is 11.8 Å². The molecule has 0 bridgehead atoms. The first-order chi connectivity index (χ1) is 10.0. The number of imide groups is 1. The Morgan fingerprint density at radius 2 is 1.95 bits per heavy atom. The highest BCUT2D eigenvalue weighted by Crippen LogP contribution is 2.32. The Bertz CT molecular complexity index is 495. The maximum Gasteiger partial charge on any atom is 0.333 e. The van der Waals surface area contributed by atoms with E-state index in [0.29, 0.717) is 11.5 Å². The van der Waals surface area contributed by atoms with Crippen molar-refractivity contribution in [3.05, 3.63) is 0 Å². The zero-order chi connectivity index (χ0) is 15.0. The van der Waals surface area contributed by atoms with Gasteiger partial charge in [0.2, 0.25) is 0 Å². The van der Waals surface area contributed by atoms with E-state index in [1.54, 1.807) is 11.8 Å². The van der Waals surface area contributed by atoms with Gasteiger partial charge in [0.05, 0.1) is 12.1 Å². The summed E-state index contributed by atoms with van der Waals surface area (Å²) in [5.74, 6) is -0.738. The van der Waals surface area contributed by atoms with Gasteiger partial charge in [-0.1, -0.05) is 0 Å². The number of carbonyl (C=O) groups is 4. The second kappa shape index (κ2) is 5.55. The second-order valence-electron chi connectivity index (χ2n) is 5.21. The average Bonchev–Trinajstić information content (AvgIpc) is 3.06. The van der Waals surface area contributed by atoms with Crippen LogP contribution in [0.25, 0.3) is 0 Å². The maximum absolute atomic E-state index is 11.7. The molecule has 0 aromatic rings. The molecule has 0 aliphatic carbocycles. The summed E-state index contributed by atoms with van der Waals surface area (Å²) in [5, 5.41) is 6.35. The van der Waals surface area contributed by atoms with Crippen molar-refractivity contribution in [1.29, 1.82) is 0 Å². The van der Waals surface area contributed by atoms with E-state index in [2.05, 4.69) is 10.6 Å². The zero-order valence-electron chi connectivity index (χ0n) is 11.2. The molecule has 0 aromatic carbocycles. The van der Waals surface area contributed by atoms with E-state index >= 15 is 0 Å². The molecule has 21 heavy (non-hydrogen) atoms. The molecule has 0 aromatic heterocycles. The smallest absolute Gasteiger partial charge is 0.332 e. The molecule has 3 aliphatic heterocycles. The number of thioether (sulfide) groups is 1. The summed E-state index contributed by atoms with van der Waals surface area (Å²) < 4.78 is 0. The summed E-state index contributed by atoms with van der Waals surface area (Å²) >= 11 is 1.69. The number of fused-ring (bicyclic) bond motifs is 1. The number of amides is 4. The molecule has 0 radical (unpaired) electrons. The lowest BCUT2D eigenvalue weighted by Crippen LogP contribution is -2.37. The molecule has 0 spiro atoms. The van der Waals surface area contributed by atoms with Crippen molar-refractivity contribution in [2.75, 3.05) is 5.75 Å². The number of hydrogen-bond donors (Lipinski definition) is 2. The Balaban J connectivity index is 1.47. The van der Waals surface area contributed by atoms with Crippen LogP contribution in [0.4, 0.5) is 4.79 Å². The molecule has 3 heterocycles. The van der Waals surface area contributed by atoms with Gasteiger partial charge in [0.1, 0.15) is 0 Å². The van der Waals surface area contributed by atoms with Crippen molar-refractivity contribution < 1.29 is 24.0 Å². The Labute approximate surface area is 124 Å². The average molecular weight is 313 g/mol. The highest BCUT2D eigenvalue weighted by molar-refractivity contribution is 8.00. The Morgan fingerprint density at radius 3 is 2.67 bits per heavy atom. The van der Waals surface area contributed by atoms with E-state index in [0.717, 1.165) is 5.75 Å². The van der Waals surface area contributed by atoms with Crippen LogP contribution in [0.5, 0.6) is 0 Å². The van der Waals surface area contributed by atoms with E-state index in [-0.39, 0.29) is 42.6 Å². The van der Waals surface area contributed by atoms with Gasteiger partial charge in [-0.2, -0.15) is 11.8 Å². The highest BCUT2D eigenvalue weighted by atomic mass is 32.2. The van der Waals surface area contributed by atoms with Crippen LogP contribution < -0.4 is 10.6 Å². The molecule has 4 amide bonds. The molecular formula is C12H15N3O5S. The minimum Gasteiger partial charge on any atom is -0.332 e. The van der Waals surface area contributed by atoms with Gasteiger partial charge in [-0.3, -0.25) is 9.59 Å². The van der Waals surface area contributed by atoms with E-state index < -0.39 is 17.8 Å². The van der Waals surface area contributed by atoms with Crippen LogP contribution in [0.1, 0.15) is 25.7 Å². The standard InChI is InChI=1S/C12H15N3O5S/c16-8-2-3-9(17)15(8)20-10(18)4-1-7-11-6(5-21-7)13-12(19)14-11/h6-7,11H,1-5H2,(H2,13,14,19)/t6-,7-,11-/m0/s1. The van der Waals surface area contributed by atoms with Crippen molar-refractivity contribution in [2.45, 2.75) is 43.0 Å². The molecule has 0 saturated carbocycles. The normalized spacial score (nSPS) is 31.1. The third-order valence-electron chi connectivity index (χ3n) is 3.77. The summed E-state index contributed by atoms with van der Waals surface area (Å²) in [6.45, 7) is 0. The minimum atomic E-state index is -0.597. The summed E-state index contributed by atoms with van der Waals surface area (Å²) in [6, 6.07) is -0.0539. The molecule has 3 saturated heterocycles. The molecule has 9 heteroatoms. The van der Waals surface area contributed by atoms with Gasteiger partial charge in [-0.15, -0.1) is 5.06 Å². The molecule has 3 fully saturated rings. The summed E-state index contributed by atoms with van der Waals surface area (Å²) in [5.41, 5.74) is 0. The Morgan fingerprint density at radius 1 is 1.24 bits per heavy atom. The van der Waals surface area contributed by atoms with E-state index in [1.165, 1.54) is 0 Å². The molecule has 3 aliphatic rings. The van der Waals surface area contributed by atoms with Crippen molar-refractivity contribution >= 4 is 35.6 Å². The van der Waals surface area contributed by atoms with E-state index in [1.807, 2.05) is 0 Å². The molecule has 3 rings (SSSR count). The second-order valence-corrected chi connectivity index (χ2v) is 6.48. The lowest BCUT2D eigenvalue weighted by atomic mass is 10.0. The maximum atomic E-state index is 11.7. The Hall–Kier alpha value is -1.77. The third-order valence-corrected chi connectivity index (χ3v) is 5.28. The van der Waals surface area contributed by atoms with Gasteiger partial charge in [0.25, 0.3) is 11.8 Å². The number of urea groups is 1. The number of carbonyl (C=O) groups excluding carboxylic acids is 4. The fourth-order valence-corrected chi connectivity index (χ4v) is 4.20. The molecule has 0 unspecified atom stereocenters. The number of nitrogens with zero attached hydrogens (tertiary/aromatic N) is 1. The molecular weight excluding hydrogens is 298 g/mol. The third kappa shape index (κ3) is 2.82. The van der Waals surface area contributed by atoms with Crippen LogP contribution in [0.15, 0.2) is 0 Å². The van der Waals surface area contributed by atoms with E-state index in [4.69, 9.17) is 4.84 Å². The fourth-order valence-electron chi connectivity index (χ4n) is 2.71. The number of rotatable bonds is 4. The highest BCUT2D eigenvalue weighted by Gasteiger charge is 2.43. The van der Waals surface area contributed by atoms with Crippen LogP contribution in [-0.4, -0.2) is 52.0 Å². The quantitative estimate of drug-likeness (QED) is 0.537. The van der Waals surface area contributed by atoms with Crippen molar-refractivity contribution in [2.24, 2.45) is 0 Å². The first-order valence-corrected chi connectivity index (χ1v) is 7.84. The fraction of sp³-hybridized carbons (Fsp3) is 0.667. The predicted octanol–water partition coefficient (Wildman–Crippen LogP) is -0.461. The summed E-state index contributed by atoms with van der Waals surface area (Å²) in [4.78, 5) is 50.4. The van der Waals surface area contributed by atoms with Gasteiger partial charge in [0, 0.05) is 30.3 Å². The summed E-state index contributed by atoms with van der Waals surface area (Å²) in [7, 11) is 0. The van der Waals surface area contributed by atoms with Crippen LogP contribution in [0.2, 0.25) is 0 Å². The van der Waals surface area contributed by atoms with Gasteiger partial charge in [-0.05, 0) is 6.42 Å². The minimum absolute atomic E-state index is 0.0188. The lowest BCUT2D eigenvalue weighted by molar-refractivity contribution is -0.197. The topological polar surface area (TPSA) is 105 Å². The largest absolute Gasteiger partial charge is 0.333 e. The van der Waals surface area contributed by atoms with Crippen molar-refractivity contribution in [1.82, 2.24) is 15.7 Å². The van der Waals surface area contributed by atoms with Gasteiger partial charge >= 0.3 is 12.0 Å². The van der Waals surface area contributed by atoms with Crippen molar-refractivity contribution in [3.63, 3.8) is 0 Å². The number of hydroxylamine groups is 2. The number of hydrogen-bond acceptors (Lipinski definition) is 6. The van der Waals surface area contributed by atoms with E-state index in [9.17, 15) is 19.2 Å². The van der Waals surface area contributed by atoms with Gasteiger partial charge in [0.15, 0.2) is 0 Å². The first kappa shape index (κ1) is 14.2. The Kier molecular flexibility index (Phi) is 3.75. The molecule has 114 valence electrons. The van der Waals surface area contributed by atoms with Crippen LogP contribution in [0.3, 0.4) is 0 Å². The number of nitrogens with one attached hydrogen (secondary N) is 2. The summed E-state index contributed by atoms with van der Waals surface area (Å²) in [6.07, 6.45) is 0.814. The lowest BCUT2D eigenvalue weighted by Gasteiger charge is -2.17. The van der Waals surface area contributed by atoms with Crippen LogP contribution in [0, 0.1) is 0 Å². The molecule has 2 N–H and O–H groups in total.